The molecule has 0 aliphatic heterocycles. The molecule has 1 unspecified atom stereocenters. The van der Waals surface area contributed by atoms with Crippen LogP contribution in [0.4, 0.5) is 0 Å². The van der Waals surface area contributed by atoms with E-state index >= 15 is 0 Å². The summed E-state index contributed by atoms with van der Waals surface area (Å²) in [5.41, 5.74) is 0.406. The molecule has 2 bridgehead atoms. The van der Waals surface area contributed by atoms with Crippen molar-refractivity contribution < 1.29 is 14.7 Å². The molecular weight excluding hydrogens is 288 g/mol. The number of rotatable bonds is 0. The first kappa shape index (κ1) is 15.6. The average molecular weight is 316 g/mol. The molecule has 5 saturated carbocycles. The molecule has 5 aliphatic rings. The Balaban J connectivity index is 1.81. The van der Waals surface area contributed by atoms with Gasteiger partial charge in [0.1, 0.15) is 11.9 Å². The van der Waals surface area contributed by atoms with E-state index in [9.17, 15) is 14.7 Å². The van der Waals surface area contributed by atoms with Gasteiger partial charge >= 0.3 is 0 Å². The topological polar surface area (TPSA) is 54.4 Å². The molecule has 5 aliphatic carbocycles. The largest absolute Gasteiger partial charge is 0.385 e. The van der Waals surface area contributed by atoms with Crippen LogP contribution in [0.15, 0.2) is 12.2 Å². The molecule has 1 N–H and O–H groups in total. The molecule has 126 valence electrons. The summed E-state index contributed by atoms with van der Waals surface area (Å²) in [6.45, 7) is 10.7. The molecule has 5 fully saturated rings. The van der Waals surface area contributed by atoms with Crippen LogP contribution in [0.1, 0.15) is 59.3 Å². The van der Waals surface area contributed by atoms with Gasteiger partial charge in [0, 0.05) is 23.2 Å². The lowest BCUT2D eigenvalue weighted by molar-refractivity contribution is -0.194. The van der Waals surface area contributed by atoms with Crippen LogP contribution in [0.2, 0.25) is 0 Å². The molecule has 3 heteroatoms. The summed E-state index contributed by atoms with van der Waals surface area (Å²) in [4.78, 5) is 25.5. The summed E-state index contributed by atoms with van der Waals surface area (Å²) in [6.07, 6.45) is 4.06. The summed E-state index contributed by atoms with van der Waals surface area (Å²) in [5, 5.41) is 10.4. The van der Waals surface area contributed by atoms with Gasteiger partial charge < -0.3 is 5.11 Å². The van der Waals surface area contributed by atoms with E-state index < -0.39 is 11.5 Å². The highest BCUT2D eigenvalue weighted by molar-refractivity contribution is 5.93. The van der Waals surface area contributed by atoms with Crippen molar-refractivity contribution in [2.24, 2.45) is 34.0 Å². The number of carbonyl (C=O) groups excluding carboxylic acids is 2. The highest BCUT2D eigenvalue weighted by Gasteiger charge is 2.69. The average Bonchev–Trinajstić information content (AvgIpc) is 2.48. The molecule has 0 aromatic carbocycles. The molecule has 0 aromatic heterocycles. The zero-order valence-electron chi connectivity index (χ0n) is 14.5. The summed E-state index contributed by atoms with van der Waals surface area (Å²) >= 11 is 0. The monoisotopic (exact) mass is 316 g/mol. The SMILES string of the molecule is C=C1C[C@]23CC[C@H]4C(C)(C)C(=O)CC[C@]4(C)[C@H]2C[C@H]1C(O)C3=O. The number of hydrogen-bond acceptors (Lipinski definition) is 3. The number of hydrogen-bond donors (Lipinski definition) is 1. The van der Waals surface area contributed by atoms with E-state index in [-0.39, 0.29) is 22.5 Å². The Bertz CT molecular complexity index is 618. The Kier molecular flexibility index (Phi) is 2.95. The number of aliphatic hydroxyl groups is 1. The first-order valence-electron chi connectivity index (χ1n) is 9.08. The fourth-order valence-corrected chi connectivity index (χ4v) is 7.09. The van der Waals surface area contributed by atoms with Crippen LogP contribution in [0.5, 0.6) is 0 Å². The normalized spacial score (nSPS) is 51.4. The van der Waals surface area contributed by atoms with Crippen molar-refractivity contribution in [3.63, 3.8) is 0 Å². The fraction of sp³-hybridized carbons (Fsp3) is 0.800. The lowest BCUT2D eigenvalue weighted by atomic mass is 9.36. The Morgan fingerprint density at radius 2 is 1.83 bits per heavy atom. The molecule has 3 nitrogen and oxygen atoms in total. The van der Waals surface area contributed by atoms with Crippen LogP contribution < -0.4 is 0 Å². The van der Waals surface area contributed by atoms with Crippen molar-refractivity contribution in [2.75, 3.05) is 0 Å². The summed E-state index contributed by atoms with van der Waals surface area (Å²) in [7, 11) is 0. The number of carbonyl (C=O) groups is 2. The van der Waals surface area contributed by atoms with Gasteiger partial charge in [-0.1, -0.05) is 32.9 Å². The van der Waals surface area contributed by atoms with Gasteiger partial charge in [0.25, 0.3) is 0 Å². The van der Waals surface area contributed by atoms with E-state index in [0.29, 0.717) is 24.0 Å². The van der Waals surface area contributed by atoms with E-state index in [0.717, 1.165) is 37.7 Å². The van der Waals surface area contributed by atoms with Crippen molar-refractivity contribution >= 4 is 11.6 Å². The third-order valence-corrected chi connectivity index (χ3v) is 8.32. The molecule has 23 heavy (non-hydrogen) atoms. The molecule has 5 rings (SSSR count). The molecule has 1 spiro atoms. The van der Waals surface area contributed by atoms with Crippen molar-refractivity contribution in [3.05, 3.63) is 12.2 Å². The number of fused-ring (bicyclic) bond motifs is 3. The predicted molar refractivity (Wildman–Crippen MR) is 87.7 cm³/mol. The highest BCUT2D eigenvalue weighted by atomic mass is 16.3. The maximum absolute atomic E-state index is 13.0. The zero-order chi connectivity index (χ0) is 16.8. The van der Waals surface area contributed by atoms with Crippen LogP contribution in [-0.4, -0.2) is 22.8 Å². The number of ketones is 2. The van der Waals surface area contributed by atoms with Gasteiger partial charge in [-0.15, -0.1) is 0 Å². The minimum atomic E-state index is -0.842. The standard InChI is InChI=1S/C20H28O3/c1-11-10-20-8-5-13-18(2,3)15(21)6-7-19(13,4)14(20)9-12(11)16(22)17(20)23/h12-14,16,22H,1,5-10H2,2-4H3/t12-,13+,14-,16?,19+,20-/m1/s1. The van der Waals surface area contributed by atoms with Crippen molar-refractivity contribution in [3.8, 4) is 0 Å². The van der Waals surface area contributed by atoms with Gasteiger partial charge in [0.15, 0.2) is 5.78 Å². The molecule has 0 amide bonds. The fourth-order valence-electron chi connectivity index (χ4n) is 7.09. The van der Waals surface area contributed by atoms with E-state index in [1.54, 1.807) is 0 Å². The smallest absolute Gasteiger partial charge is 0.168 e. The van der Waals surface area contributed by atoms with Crippen molar-refractivity contribution in [1.29, 1.82) is 0 Å². The maximum atomic E-state index is 13.0. The Labute approximate surface area is 138 Å². The van der Waals surface area contributed by atoms with E-state index in [1.807, 2.05) is 0 Å². The molecule has 0 saturated heterocycles. The molecule has 6 atom stereocenters. The minimum Gasteiger partial charge on any atom is -0.385 e. The second kappa shape index (κ2) is 4.36. The number of Topliss-reactive ketones (excluding diaryl/α,β-unsaturated/α-hetero) is 2. The van der Waals surface area contributed by atoms with Gasteiger partial charge in [-0.3, -0.25) is 9.59 Å². The Hall–Kier alpha value is -0.960. The van der Waals surface area contributed by atoms with Gasteiger partial charge in [0.2, 0.25) is 0 Å². The Morgan fingerprint density at radius 1 is 1.13 bits per heavy atom. The van der Waals surface area contributed by atoms with Gasteiger partial charge in [0.05, 0.1) is 0 Å². The lowest BCUT2D eigenvalue weighted by Crippen LogP contribution is -2.67. The quantitative estimate of drug-likeness (QED) is 0.698. The van der Waals surface area contributed by atoms with Gasteiger partial charge in [-0.25, -0.2) is 0 Å². The van der Waals surface area contributed by atoms with Crippen LogP contribution in [0.3, 0.4) is 0 Å². The number of aliphatic hydroxyl groups excluding tert-OH is 1. The van der Waals surface area contributed by atoms with E-state index in [1.165, 1.54) is 0 Å². The van der Waals surface area contributed by atoms with E-state index in [4.69, 9.17) is 0 Å². The summed E-state index contributed by atoms with van der Waals surface area (Å²) in [6, 6.07) is 0. The molecule has 0 heterocycles. The second-order valence-corrected chi connectivity index (χ2v) is 9.44. The van der Waals surface area contributed by atoms with Crippen molar-refractivity contribution in [2.45, 2.75) is 65.4 Å². The first-order chi connectivity index (χ1) is 10.6. The maximum Gasteiger partial charge on any atom is 0.168 e. The van der Waals surface area contributed by atoms with Crippen molar-refractivity contribution in [1.82, 2.24) is 0 Å². The first-order valence-corrected chi connectivity index (χ1v) is 9.08. The zero-order valence-corrected chi connectivity index (χ0v) is 14.5. The van der Waals surface area contributed by atoms with Crippen LogP contribution in [0, 0.1) is 34.0 Å². The minimum absolute atomic E-state index is 0.0322. The van der Waals surface area contributed by atoms with E-state index in [2.05, 4.69) is 27.4 Å². The molecule has 0 aromatic rings. The van der Waals surface area contributed by atoms with Crippen LogP contribution >= 0.6 is 0 Å². The lowest BCUT2D eigenvalue weighted by Gasteiger charge is -2.67. The van der Waals surface area contributed by atoms with Crippen LogP contribution in [0.25, 0.3) is 0 Å². The Morgan fingerprint density at radius 3 is 2.52 bits per heavy atom. The van der Waals surface area contributed by atoms with Crippen LogP contribution in [-0.2, 0) is 9.59 Å². The predicted octanol–water partition coefficient (Wildman–Crippen LogP) is 3.30. The second-order valence-electron chi connectivity index (χ2n) is 9.44. The third-order valence-electron chi connectivity index (χ3n) is 8.32. The summed E-state index contributed by atoms with van der Waals surface area (Å²) < 4.78 is 0. The molecular formula is C20H28O3. The highest BCUT2D eigenvalue weighted by Crippen LogP contribution is 2.70. The summed E-state index contributed by atoms with van der Waals surface area (Å²) in [5.74, 6) is 1.04. The molecule has 0 radical (unpaired) electrons. The van der Waals surface area contributed by atoms with Gasteiger partial charge in [-0.2, -0.15) is 0 Å². The van der Waals surface area contributed by atoms with Gasteiger partial charge in [-0.05, 0) is 49.4 Å². The third kappa shape index (κ3) is 1.65.